The molecule has 0 fully saturated rings. The molecule has 2 aromatic rings. The van der Waals surface area contributed by atoms with Crippen molar-refractivity contribution in [2.45, 2.75) is 38.8 Å². The van der Waals surface area contributed by atoms with Crippen LogP contribution in [0.2, 0.25) is 0 Å². The van der Waals surface area contributed by atoms with Gasteiger partial charge in [-0.15, -0.1) is 0 Å². The van der Waals surface area contributed by atoms with E-state index < -0.39 is 11.9 Å². The molecule has 1 amide bonds. The number of carbonyl (C=O) groups is 2. The molecular weight excluding hydrogens is 306 g/mol. The summed E-state index contributed by atoms with van der Waals surface area (Å²) in [5, 5.41) is 16.6. The zero-order chi connectivity index (χ0) is 17.3. The minimum absolute atomic E-state index is 0.275. The molecule has 2 N–H and O–H groups in total. The Bertz CT molecular complexity index is 766. The number of aromatic nitrogens is 2. The van der Waals surface area contributed by atoms with Crippen molar-refractivity contribution in [3.63, 3.8) is 0 Å². The number of amides is 1. The molecule has 3 rings (SSSR count). The van der Waals surface area contributed by atoms with Crippen molar-refractivity contribution in [1.82, 2.24) is 15.1 Å². The number of fused-ring (bicyclic) bond motifs is 1. The number of carbonyl (C=O) groups excluding carboxylic acids is 1. The molecule has 0 saturated carbocycles. The van der Waals surface area contributed by atoms with Gasteiger partial charge in [0, 0.05) is 12.7 Å². The number of hydrogen-bond donors (Lipinski definition) is 2. The second-order valence-corrected chi connectivity index (χ2v) is 6.60. The first-order chi connectivity index (χ1) is 11.5. The van der Waals surface area contributed by atoms with Crippen molar-refractivity contribution in [2.24, 2.45) is 5.92 Å². The number of hydrogen-bond acceptors (Lipinski definition) is 3. The number of carboxylic acid groups (broad SMARTS) is 1. The molecule has 2 unspecified atom stereocenters. The third-order valence-corrected chi connectivity index (χ3v) is 4.25. The van der Waals surface area contributed by atoms with Gasteiger partial charge in [-0.05, 0) is 29.5 Å². The van der Waals surface area contributed by atoms with Crippen LogP contribution in [0.3, 0.4) is 0 Å². The lowest BCUT2D eigenvalue weighted by atomic mass is 10.0. The second-order valence-electron chi connectivity index (χ2n) is 6.60. The lowest BCUT2D eigenvalue weighted by Gasteiger charge is -2.13. The van der Waals surface area contributed by atoms with Crippen LogP contribution in [0, 0.1) is 5.92 Å². The summed E-state index contributed by atoms with van der Waals surface area (Å²) in [7, 11) is 0. The molecule has 0 spiro atoms. The number of carboxylic acids is 1. The van der Waals surface area contributed by atoms with Crippen molar-refractivity contribution in [1.29, 1.82) is 0 Å². The second kappa shape index (κ2) is 6.47. The highest BCUT2D eigenvalue weighted by atomic mass is 16.4. The highest BCUT2D eigenvalue weighted by Gasteiger charge is 2.36. The van der Waals surface area contributed by atoms with Gasteiger partial charge in [-0.3, -0.25) is 14.3 Å². The Hall–Kier alpha value is -2.63. The number of nitrogens with one attached hydrogen (secondary N) is 1. The van der Waals surface area contributed by atoms with Gasteiger partial charge in [0.05, 0.1) is 12.0 Å². The van der Waals surface area contributed by atoms with Crippen molar-refractivity contribution in [2.75, 3.05) is 0 Å². The van der Waals surface area contributed by atoms with E-state index in [4.69, 9.17) is 0 Å². The summed E-state index contributed by atoms with van der Waals surface area (Å²) in [6.07, 6.45) is 2.16. The van der Waals surface area contributed by atoms with Crippen molar-refractivity contribution < 1.29 is 14.7 Å². The molecule has 6 heteroatoms. The predicted molar refractivity (Wildman–Crippen MR) is 88.7 cm³/mol. The SMILES string of the molecule is CC(C)Cn1ccc(C(=O)NC2CC(C(=O)O)c3ccccc32)n1. The van der Waals surface area contributed by atoms with Crippen LogP contribution in [0.4, 0.5) is 0 Å². The van der Waals surface area contributed by atoms with Crippen LogP contribution in [-0.4, -0.2) is 26.8 Å². The van der Waals surface area contributed by atoms with Gasteiger partial charge < -0.3 is 10.4 Å². The molecule has 1 heterocycles. The summed E-state index contributed by atoms with van der Waals surface area (Å²) >= 11 is 0. The maximum atomic E-state index is 12.5. The topological polar surface area (TPSA) is 84.2 Å². The average Bonchev–Trinajstić information content (AvgIpc) is 3.12. The minimum Gasteiger partial charge on any atom is -0.481 e. The maximum Gasteiger partial charge on any atom is 0.311 e. The molecule has 1 aromatic heterocycles. The Morgan fingerprint density at radius 3 is 2.67 bits per heavy atom. The molecule has 1 aromatic carbocycles. The minimum atomic E-state index is -0.861. The Kier molecular flexibility index (Phi) is 4.38. The molecule has 6 nitrogen and oxygen atoms in total. The summed E-state index contributed by atoms with van der Waals surface area (Å²) in [6.45, 7) is 4.92. The zero-order valence-electron chi connectivity index (χ0n) is 13.8. The normalized spacial score (nSPS) is 19.3. The molecule has 2 atom stereocenters. The molecular formula is C18H21N3O3. The van der Waals surface area contributed by atoms with E-state index in [9.17, 15) is 14.7 Å². The quantitative estimate of drug-likeness (QED) is 0.884. The van der Waals surface area contributed by atoms with Gasteiger partial charge in [-0.25, -0.2) is 0 Å². The fraction of sp³-hybridized carbons (Fsp3) is 0.389. The fourth-order valence-electron chi connectivity index (χ4n) is 3.20. The molecule has 1 aliphatic rings. The number of nitrogens with zero attached hydrogens (tertiary/aromatic N) is 2. The van der Waals surface area contributed by atoms with Crippen LogP contribution in [0.1, 0.15) is 53.8 Å². The molecule has 0 radical (unpaired) electrons. The third kappa shape index (κ3) is 3.18. The van der Waals surface area contributed by atoms with E-state index in [0.29, 0.717) is 18.0 Å². The summed E-state index contributed by atoms with van der Waals surface area (Å²) < 4.78 is 1.75. The van der Waals surface area contributed by atoms with Crippen LogP contribution >= 0.6 is 0 Å². The van der Waals surface area contributed by atoms with E-state index in [1.54, 1.807) is 16.9 Å². The van der Waals surface area contributed by atoms with Crippen LogP contribution in [0.25, 0.3) is 0 Å². The van der Waals surface area contributed by atoms with E-state index >= 15 is 0 Å². The predicted octanol–water partition coefficient (Wildman–Crippen LogP) is 2.58. The monoisotopic (exact) mass is 327 g/mol. The fourth-order valence-corrected chi connectivity index (χ4v) is 3.20. The third-order valence-electron chi connectivity index (χ3n) is 4.25. The van der Waals surface area contributed by atoms with Crippen molar-refractivity contribution in [3.8, 4) is 0 Å². The highest BCUT2D eigenvalue weighted by Crippen LogP contribution is 2.40. The van der Waals surface area contributed by atoms with Crippen molar-refractivity contribution in [3.05, 3.63) is 53.3 Å². The summed E-state index contributed by atoms with van der Waals surface area (Å²) in [5.74, 6) is -1.27. The summed E-state index contributed by atoms with van der Waals surface area (Å²) in [4.78, 5) is 23.9. The maximum absolute atomic E-state index is 12.5. The first kappa shape index (κ1) is 16.2. The molecule has 0 bridgehead atoms. The lowest BCUT2D eigenvalue weighted by Crippen LogP contribution is -2.28. The molecule has 24 heavy (non-hydrogen) atoms. The summed E-state index contributed by atoms with van der Waals surface area (Å²) in [6, 6.07) is 8.77. The van der Waals surface area contributed by atoms with Gasteiger partial charge >= 0.3 is 5.97 Å². The van der Waals surface area contributed by atoms with Gasteiger partial charge in [0.15, 0.2) is 0 Å². The van der Waals surface area contributed by atoms with Gasteiger partial charge in [-0.2, -0.15) is 5.10 Å². The van der Waals surface area contributed by atoms with Crippen LogP contribution in [0.5, 0.6) is 0 Å². The van der Waals surface area contributed by atoms with Crippen LogP contribution in [0.15, 0.2) is 36.5 Å². The molecule has 0 aliphatic heterocycles. The molecule has 1 aliphatic carbocycles. The lowest BCUT2D eigenvalue weighted by molar-refractivity contribution is -0.138. The van der Waals surface area contributed by atoms with E-state index in [1.807, 2.05) is 24.3 Å². The first-order valence-electron chi connectivity index (χ1n) is 8.11. The van der Waals surface area contributed by atoms with E-state index in [2.05, 4.69) is 24.3 Å². The standard InChI is InChI=1S/C18H21N3O3/c1-11(2)10-21-8-7-15(20-21)17(22)19-16-9-14(18(23)24)12-5-3-4-6-13(12)16/h3-8,11,14,16H,9-10H2,1-2H3,(H,19,22)(H,23,24). The Morgan fingerprint density at radius 1 is 1.29 bits per heavy atom. The highest BCUT2D eigenvalue weighted by molar-refractivity contribution is 5.92. The van der Waals surface area contributed by atoms with Crippen molar-refractivity contribution >= 4 is 11.9 Å². The van der Waals surface area contributed by atoms with Crippen LogP contribution < -0.4 is 5.32 Å². The van der Waals surface area contributed by atoms with Gasteiger partial charge in [0.25, 0.3) is 5.91 Å². The Balaban J connectivity index is 1.75. The first-order valence-corrected chi connectivity index (χ1v) is 8.11. The van der Waals surface area contributed by atoms with E-state index in [0.717, 1.165) is 17.7 Å². The molecule has 126 valence electrons. The van der Waals surface area contributed by atoms with E-state index in [1.165, 1.54) is 0 Å². The average molecular weight is 327 g/mol. The number of benzene rings is 1. The number of aliphatic carboxylic acids is 1. The summed E-state index contributed by atoms with van der Waals surface area (Å²) in [5.41, 5.74) is 2.01. The smallest absolute Gasteiger partial charge is 0.311 e. The van der Waals surface area contributed by atoms with Crippen LogP contribution in [-0.2, 0) is 11.3 Å². The number of rotatable bonds is 5. The Labute approximate surface area is 140 Å². The van der Waals surface area contributed by atoms with Gasteiger partial charge in [0.2, 0.25) is 0 Å². The largest absolute Gasteiger partial charge is 0.481 e. The molecule has 0 saturated heterocycles. The Morgan fingerprint density at radius 2 is 2.00 bits per heavy atom. The van der Waals surface area contributed by atoms with E-state index in [-0.39, 0.29) is 11.9 Å². The zero-order valence-corrected chi connectivity index (χ0v) is 13.8. The van der Waals surface area contributed by atoms with Gasteiger partial charge in [-0.1, -0.05) is 38.1 Å². The van der Waals surface area contributed by atoms with Gasteiger partial charge in [0.1, 0.15) is 5.69 Å².